The van der Waals surface area contributed by atoms with Crippen LogP contribution in [0.4, 0.5) is 15.8 Å². The molecule has 222 valence electrons. The molecule has 1 aliphatic carbocycles. The van der Waals surface area contributed by atoms with E-state index in [-0.39, 0.29) is 47.9 Å². The summed E-state index contributed by atoms with van der Waals surface area (Å²) in [5.41, 5.74) is 7.43. The lowest BCUT2D eigenvalue weighted by Crippen LogP contribution is -2.46. The van der Waals surface area contributed by atoms with Crippen LogP contribution in [0.25, 0.3) is 0 Å². The number of thiophene rings is 1. The summed E-state index contributed by atoms with van der Waals surface area (Å²) in [6.07, 6.45) is 0.130. The van der Waals surface area contributed by atoms with Crippen molar-refractivity contribution in [3.8, 4) is 0 Å². The molecule has 0 amide bonds. The highest BCUT2D eigenvalue weighted by Crippen LogP contribution is 2.52. The van der Waals surface area contributed by atoms with Crippen LogP contribution >= 0.6 is 11.3 Å². The molecule has 3 aromatic rings. The van der Waals surface area contributed by atoms with Crippen molar-refractivity contribution in [1.29, 1.82) is 0 Å². The van der Waals surface area contributed by atoms with Gasteiger partial charge in [0.15, 0.2) is 5.78 Å². The zero-order valence-electron chi connectivity index (χ0n) is 23.3. The van der Waals surface area contributed by atoms with Crippen LogP contribution in [0.3, 0.4) is 0 Å². The van der Waals surface area contributed by atoms with Gasteiger partial charge < -0.3 is 15.2 Å². The van der Waals surface area contributed by atoms with Gasteiger partial charge >= 0.3 is 11.9 Å². The number of ether oxygens (including phenoxy) is 2. The number of rotatable bonds is 8. The summed E-state index contributed by atoms with van der Waals surface area (Å²) in [4.78, 5) is 55.1. The fraction of sp³-hybridized carbons (Fsp3) is 0.258. The number of hydrogen-bond acceptors (Lipinski definition) is 10. The zero-order valence-corrected chi connectivity index (χ0v) is 24.1. The Balaban J connectivity index is 1.83. The van der Waals surface area contributed by atoms with Crippen LogP contribution in [0.2, 0.25) is 0 Å². The summed E-state index contributed by atoms with van der Waals surface area (Å²) >= 11 is 1.38. The van der Waals surface area contributed by atoms with Gasteiger partial charge in [-0.1, -0.05) is 18.2 Å². The number of benzene rings is 2. The fourth-order valence-electron chi connectivity index (χ4n) is 5.75. The van der Waals surface area contributed by atoms with Crippen LogP contribution in [0.5, 0.6) is 0 Å². The van der Waals surface area contributed by atoms with Gasteiger partial charge in [-0.25, -0.2) is 9.18 Å². The molecule has 0 radical (unpaired) electrons. The predicted octanol–water partition coefficient (Wildman–Crippen LogP) is 5.32. The molecule has 0 unspecified atom stereocenters. The zero-order chi connectivity index (χ0) is 30.8. The summed E-state index contributed by atoms with van der Waals surface area (Å²) in [5.74, 6) is -5.81. The quantitative estimate of drug-likeness (QED) is 0.156. The molecule has 0 saturated heterocycles. The van der Waals surface area contributed by atoms with Crippen molar-refractivity contribution in [2.24, 2.45) is 11.7 Å². The van der Waals surface area contributed by atoms with Crippen LogP contribution in [-0.4, -0.2) is 35.9 Å². The van der Waals surface area contributed by atoms with Crippen LogP contribution in [0.15, 0.2) is 88.7 Å². The van der Waals surface area contributed by atoms with Crippen LogP contribution in [0.1, 0.15) is 42.5 Å². The minimum atomic E-state index is -1.25. The molecule has 3 atom stereocenters. The predicted molar refractivity (Wildman–Crippen MR) is 156 cm³/mol. The van der Waals surface area contributed by atoms with Gasteiger partial charge in [-0.3, -0.25) is 24.6 Å². The molecule has 1 aliphatic heterocycles. The van der Waals surface area contributed by atoms with Gasteiger partial charge in [0.1, 0.15) is 17.6 Å². The molecule has 2 aromatic carbocycles. The molecule has 2 aliphatic rings. The third kappa shape index (κ3) is 5.41. The van der Waals surface area contributed by atoms with E-state index < -0.39 is 46.2 Å². The van der Waals surface area contributed by atoms with Gasteiger partial charge in [-0.05, 0) is 61.5 Å². The van der Waals surface area contributed by atoms with Gasteiger partial charge in [-0.15, -0.1) is 11.3 Å². The molecule has 2 N–H and O–H groups in total. The van der Waals surface area contributed by atoms with Crippen molar-refractivity contribution in [3.63, 3.8) is 0 Å². The first-order valence-corrected chi connectivity index (χ1v) is 14.5. The summed E-state index contributed by atoms with van der Waals surface area (Å²) < 4.78 is 24.7. The molecule has 2 heterocycles. The maximum absolute atomic E-state index is 14.7. The lowest BCUT2D eigenvalue weighted by atomic mass is 9.68. The molecule has 0 bridgehead atoms. The first-order valence-electron chi connectivity index (χ1n) is 13.6. The van der Waals surface area contributed by atoms with Crippen molar-refractivity contribution >= 4 is 40.4 Å². The Morgan fingerprint density at radius 3 is 2.44 bits per heavy atom. The van der Waals surface area contributed by atoms with E-state index in [1.807, 2.05) is 17.5 Å². The number of carbonyl (C=O) groups is 3. The minimum Gasteiger partial charge on any atom is -0.465 e. The number of ketones is 1. The highest BCUT2D eigenvalue weighted by Gasteiger charge is 2.51. The highest BCUT2D eigenvalue weighted by molar-refractivity contribution is 7.10. The molecule has 0 fully saturated rings. The van der Waals surface area contributed by atoms with Gasteiger partial charge in [0, 0.05) is 39.9 Å². The summed E-state index contributed by atoms with van der Waals surface area (Å²) in [5, 5.41) is 13.6. The Morgan fingerprint density at radius 1 is 1.09 bits per heavy atom. The topological polar surface area (TPSA) is 142 Å². The number of esters is 2. The van der Waals surface area contributed by atoms with Crippen molar-refractivity contribution in [1.82, 2.24) is 0 Å². The highest BCUT2D eigenvalue weighted by atomic mass is 32.1. The van der Waals surface area contributed by atoms with Gasteiger partial charge in [0.05, 0.1) is 29.6 Å². The normalized spacial score (nSPS) is 20.1. The number of nitrogens with two attached hydrogens (primary N) is 1. The Labute approximate surface area is 250 Å². The SMILES string of the molecule is CCOC(=O)C1=C(N)N(c2ccc(F)cc2)C2=C(C(=O)[C@H](C(=O)OCC)[C@@H](c3cccs3)C2)[C@@H]1c1cccc([N+](=O)[O-])c1. The molecule has 10 nitrogen and oxygen atoms in total. The van der Waals surface area contributed by atoms with Crippen molar-refractivity contribution < 1.29 is 33.2 Å². The van der Waals surface area contributed by atoms with E-state index in [2.05, 4.69) is 0 Å². The standard InChI is InChI=1S/C31H28FN3O7S/c1-3-41-30(37)25-21(23-9-6-14-43-23)16-22-26(28(25)36)24(17-7-5-8-20(15-17)35(39)40)27(31(38)42-4-2)29(33)34(22)19-12-10-18(32)11-13-19/h5-15,21,24-25H,3-4,16,33H2,1-2H3/t21-,24+,25-/m1/s1. The van der Waals surface area contributed by atoms with E-state index in [1.54, 1.807) is 19.9 Å². The molecule has 0 spiro atoms. The molecule has 5 rings (SSSR count). The maximum atomic E-state index is 14.7. The number of hydrogen-bond donors (Lipinski definition) is 1. The van der Waals surface area contributed by atoms with E-state index in [0.29, 0.717) is 11.4 Å². The second-order valence-corrected chi connectivity index (χ2v) is 10.9. The fourth-order valence-corrected chi connectivity index (χ4v) is 6.61. The Hall–Kier alpha value is -4.84. The van der Waals surface area contributed by atoms with Crippen LogP contribution in [0, 0.1) is 21.8 Å². The van der Waals surface area contributed by atoms with E-state index >= 15 is 0 Å². The molecular formula is C31H28FN3O7S. The second kappa shape index (κ2) is 12.2. The second-order valence-electron chi connectivity index (χ2n) is 9.90. The first kappa shape index (κ1) is 29.6. The third-order valence-electron chi connectivity index (χ3n) is 7.48. The lowest BCUT2D eigenvalue weighted by molar-refractivity contribution is -0.384. The summed E-state index contributed by atoms with van der Waals surface area (Å²) in [7, 11) is 0. The number of allylic oxidation sites excluding steroid dienone is 2. The number of non-ortho nitro benzene ring substituents is 1. The summed E-state index contributed by atoms with van der Waals surface area (Å²) in [6, 6.07) is 14.6. The Kier molecular flexibility index (Phi) is 8.40. The molecule has 43 heavy (non-hydrogen) atoms. The summed E-state index contributed by atoms with van der Waals surface area (Å²) in [6.45, 7) is 3.28. The smallest absolute Gasteiger partial charge is 0.338 e. The lowest BCUT2D eigenvalue weighted by Gasteiger charge is -2.43. The van der Waals surface area contributed by atoms with Crippen molar-refractivity contribution in [3.05, 3.63) is 115 Å². The Bertz CT molecular complexity index is 1650. The van der Waals surface area contributed by atoms with Crippen LogP contribution in [-0.2, 0) is 23.9 Å². The number of nitro groups is 1. The van der Waals surface area contributed by atoms with Crippen molar-refractivity contribution in [2.75, 3.05) is 18.1 Å². The number of Topliss-reactive ketones (excluding diaryl/α,β-unsaturated/α-hetero) is 1. The van der Waals surface area contributed by atoms with E-state index in [9.17, 15) is 28.9 Å². The first-order chi connectivity index (χ1) is 20.7. The largest absolute Gasteiger partial charge is 0.465 e. The average molecular weight is 606 g/mol. The van der Waals surface area contributed by atoms with Crippen LogP contribution < -0.4 is 10.6 Å². The number of halogens is 1. The van der Waals surface area contributed by atoms with Gasteiger partial charge in [0.2, 0.25) is 0 Å². The molecular weight excluding hydrogens is 577 g/mol. The number of carbonyl (C=O) groups excluding carboxylic acids is 3. The molecule has 0 saturated carbocycles. The monoisotopic (exact) mass is 605 g/mol. The minimum absolute atomic E-state index is 0.0143. The Morgan fingerprint density at radius 2 is 1.81 bits per heavy atom. The van der Waals surface area contributed by atoms with Gasteiger partial charge in [0.25, 0.3) is 5.69 Å². The number of anilines is 1. The van der Waals surface area contributed by atoms with Crippen molar-refractivity contribution in [2.45, 2.75) is 32.1 Å². The third-order valence-corrected chi connectivity index (χ3v) is 8.49. The van der Waals surface area contributed by atoms with E-state index in [1.165, 1.54) is 58.7 Å². The van der Waals surface area contributed by atoms with E-state index in [0.717, 1.165) is 4.88 Å². The maximum Gasteiger partial charge on any atom is 0.338 e. The molecule has 1 aromatic heterocycles. The molecule has 12 heteroatoms. The number of nitro benzene ring substituents is 1. The van der Waals surface area contributed by atoms with Gasteiger partial charge in [-0.2, -0.15) is 0 Å². The van der Waals surface area contributed by atoms with E-state index in [4.69, 9.17) is 15.2 Å². The number of nitrogens with zero attached hydrogens (tertiary/aromatic N) is 2. The average Bonchev–Trinajstić information content (AvgIpc) is 3.52.